The number of hydrogen-bond donors (Lipinski definition) is 1. The molecule has 1 fully saturated rings. The molecule has 152 valence electrons. The minimum atomic E-state index is 0.0432. The molecule has 29 heavy (non-hydrogen) atoms. The number of likely N-dealkylation sites (tertiary alicyclic amines) is 1. The van der Waals surface area contributed by atoms with E-state index in [2.05, 4.69) is 12.2 Å². The molecule has 0 saturated carbocycles. The van der Waals surface area contributed by atoms with E-state index in [0.29, 0.717) is 41.6 Å². The maximum Gasteiger partial charge on any atom is 0.254 e. The number of benzene rings is 2. The van der Waals surface area contributed by atoms with Gasteiger partial charge in [0.15, 0.2) is 17.3 Å². The minimum Gasteiger partial charge on any atom is -0.454 e. The molecule has 6 heteroatoms. The topological polar surface area (TPSA) is 67.9 Å². The van der Waals surface area contributed by atoms with E-state index in [-0.39, 0.29) is 18.5 Å². The summed E-state index contributed by atoms with van der Waals surface area (Å²) in [7, 11) is 0. The van der Waals surface area contributed by atoms with Crippen molar-refractivity contribution in [1.82, 2.24) is 4.90 Å². The summed E-state index contributed by atoms with van der Waals surface area (Å²) in [6, 6.07) is 13.1. The predicted molar refractivity (Wildman–Crippen MR) is 111 cm³/mol. The summed E-state index contributed by atoms with van der Waals surface area (Å²) in [5, 5.41) is 3.25. The second-order valence-electron chi connectivity index (χ2n) is 7.59. The van der Waals surface area contributed by atoms with Gasteiger partial charge in [0.25, 0.3) is 5.91 Å². The van der Waals surface area contributed by atoms with Crippen LogP contribution in [0, 0.1) is 0 Å². The highest BCUT2D eigenvalue weighted by atomic mass is 16.7. The van der Waals surface area contributed by atoms with Gasteiger partial charge in [-0.2, -0.15) is 0 Å². The van der Waals surface area contributed by atoms with Gasteiger partial charge in [0.1, 0.15) is 0 Å². The van der Waals surface area contributed by atoms with E-state index < -0.39 is 0 Å². The first-order valence-corrected chi connectivity index (χ1v) is 10.2. The number of fused-ring (bicyclic) bond motifs is 1. The molecule has 1 amide bonds. The zero-order valence-electron chi connectivity index (χ0n) is 16.6. The molecule has 1 atom stereocenters. The average Bonchev–Trinajstić information content (AvgIpc) is 3.22. The number of carbonyl (C=O) groups excluding carboxylic acids is 2. The number of piperidine rings is 1. The van der Waals surface area contributed by atoms with Crippen LogP contribution in [0.1, 0.15) is 53.3 Å². The van der Waals surface area contributed by atoms with Crippen LogP contribution >= 0.6 is 0 Å². The molecule has 2 heterocycles. The zero-order valence-corrected chi connectivity index (χ0v) is 16.6. The second kappa shape index (κ2) is 8.55. The Morgan fingerprint density at radius 1 is 1.03 bits per heavy atom. The predicted octanol–water partition coefficient (Wildman–Crippen LogP) is 4.11. The van der Waals surface area contributed by atoms with Crippen molar-refractivity contribution in [2.24, 2.45) is 0 Å². The van der Waals surface area contributed by atoms with Gasteiger partial charge in [-0.05, 0) is 68.7 Å². The molecular weight excluding hydrogens is 368 g/mol. The monoisotopic (exact) mass is 394 g/mol. The van der Waals surface area contributed by atoms with Gasteiger partial charge in [0.05, 0.1) is 0 Å². The maximum absolute atomic E-state index is 12.7. The van der Waals surface area contributed by atoms with E-state index in [0.717, 1.165) is 25.1 Å². The van der Waals surface area contributed by atoms with Gasteiger partial charge in [0.2, 0.25) is 6.79 Å². The van der Waals surface area contributed by atoms with Crippen LogP contribution in [0.15, 0.2) is 42.5 Å². The molecule has 2 aromatic carbocycles. The van der Waals surface area contributed by atoms with E-state index in [4.69, 9.17) is 9.47 Å². The standard InChI is InChI=1S/C23H26N2O4/c1-16-4-2-3-13-25(16)23(27)17-5-8-19(9-6-17)24-12-11-20(26)18-7-10-21-22(14-18)29-15-28-21/h5-10,14,16,24H,2-4,11-13,15H2,1H3/t16-/m0/s1. The Morgan fingerprint density at radius 3 is 2.59 bits per heavy atom. The zero-order chi connectivity index (χ0) is 20.2. The summed E-state index contributed by atoms with van der Waals surface area (Å²) in [4.78, 5) is 27.1. The van der Waals surface area contributed by atoms with Crippen molar-refractivity contribution in [3.63, 3.8) is 0 Å². The Hall–Kier alpha value is -3.02. The molecule has 2 aliphatic heterocycles. The summed E-state index contributed by atoms with van der Waals surface area (Å²) in [5.74, 6) is 1.43. The molecule has 1 N–H and O–H groups in total. The first-order valence-electron chi connectivity index (χ1n) is 10.2. The summed E-state index contributed by atoms with van der Waals surface area (Å²) in [5.41, 5.74) is 2.22. The summed E-state index contributed by atoms with van der Waals surface area (Å²) in [6.07, 6.45) is 3.71. The molecule has 2 aromatic rings. The van der Waals surface area contributed by atoms with Crippen LogP contribution < -0.4 is 14.8 Å². The number of hydrogen-bond acceptors (Lipinski definition) is 5. The van der Waals surface area contributed by atoms with Gasteiger partial charge < -0.3 is 19.7 Å². The van der Waals surface area contributed by atoms with Crippen molar-refractivity contribution in [2.45, 2.75) is 38.6 Å². The van der Waals surface area contributed by atoms with Gasteiger partial charge in [0, 0.05) is 42.4 Å². The van der Waals surface area contributed by atoms with Gasteiger partial charge in [-0.3, -0.25) is 9.59 Å². The van der Waals surface area contributed by atoms with Crippen LogP contribution in [-0.2, 0) is 0 Å². The van der Waals surface area contributed by atoms with E-state index >= 15 is 0 Å². The van der Waals surface area contributed by atoms with Gasteiger partial charge in [-0.15, -0.1) is 0 Å². The number of ether oxygens (including phenoxy) is 2. The highest BCUT2D eigenvalue weighted by molar-refractivity contribution is 5.97. The molecule has 0 radical (unpaired) electrons. The molecule has 0 bridgehead atoms. The molecular formula is C23H26N2O4. The van der Waals surface area contributed by atoms with Crippen molar-refractivity contribution in [2.75, 3.05) is 25.2 Å². The maximum atomic E-state index is 12.7. The van der Waals surface area contributed by atoms with E-state index in [1.165, 1.54) is 6.42 Å². The molecule has 0 unspecified atom stereocenters. The van der Waals surface area contributed by atoms with Crippen molar-refractivity contribution < 1.29 is 19.1 Å². The van der Waals surface area contributed by atoms with Crippen molar-refractivity contribution in [3.8, 4) is 11.5 Å². The Bertz CT molecular complexity index is 894. The molecule has 0 spiro atoms. The molecule has 6 nitrogen and oxygen atoms in total. The smallest absolute Gasteiger partial charge is 0.254 e. The normalized spacial score (nSPS) is 17.8. The summed E-state index contributed by atoms with van der Waals surface area (Å²) in [6.45, 7) is 3.67. The minimum absolute atomic E-state index is 0.0432. The lowest BCUT2D eigenvalue weighted by Crippen LogP contribution is -2.41. The fraction of sp³-hybridized carbons (Fsp3) is 0.391. The van der Waals surface area contributed by atoms with Crippen LogP contribution in [0.3, 0.4) is 0 Å². The first-order chi connectivity index (χ1) is 14.1. The highest BCUT2D eigenvalue weighted by Crippen LogP contribution is 2.32. The number of ketones is 1. The first kappa shape index (κ1) is 19.3. The van der Waals surface area contributed by atoms with Crippen LogP contribution in [-0.4, -0.2) is 42.5 Å². The number of rotatable bonds is 6. The summed E-state index contributed by atoms with van der Waals surface area (Å²) < 4.78 is 10.6. The van der Waals surface area contributed by atoms with Crippen LogP contribution in [0.5, 0.6) is 11.5 Å². The van der Waals surface area contributed by atoms with Gasteiger partial charge >= 0.3 is 0 Å². The second-order valence-corrected chi connectivity index (χ2v) is 7.59. The number of carbonyl (C=O) groups is 2. The lowest BCUT2D eigenvalue weighted by molar-refractivity contribution is 0.0635. The van der Waals surface area contributed by atoms with E-state index in [9.17, 15) is 9.59 Å². The Morgan fingerprint density at radius 2 is 1.79 bits per heavy atom. The lowest BCUT2D eigenvalue weighted by atomic mass is 10.0. The fourth-order valence-corrected chi connectivity index (χ4v) is 3.83. The number of amides is 1. The lowest BCUT2D eigenvalue weighted by Gasteiger charge is -2.33. The van der Waals surface area contributed by atoms with Gasteiger partial charge in [-0.25, -0.2) is 0 Å². The van der Waals surface area contributed by atoms with Crippen molar-refractivity contribution in [1.29, 1.82) is 0 Å². The average molecular weight is 394 g/mol. The largest absolute Gasteiger partial charge is 0.454 e. The Kier molecular flexibility index (Phi) is 5.69. The Labute approximate surface area is 170 Å². The molecule has 1 saturated heterocycles. The van der Waals surface area contributed by atoms with Crippen molar-refractivity contribution >= 4 is 17.4 Å². The van der Waals surface area contributed by atoms with Gasteiger partial charge in [-0.1, -0.05) is 0 Å². The Balaban J connectivity index is 1.29. The van der Waals surface area contributed by atoms with Crippen LogP contribution in [0.4, 0.5) is 5.69 Å². The number of nitrogens with zero attached hydrogens (tertiary/aromatic N) is 1. The van der Waals surface area contributed by atoms with Crippen molar-refractivity contribution in [3.05, 3.63) is 53.6 Å². The van der Waals surface area contributed by atoms with E-state index in [1.807, 2.05) is 29.2 Å². The van der Waals surface area contributed by atoms with Crippen LogP contribution in [0.2, 0.25) is 0 Å². The third-order valence-corrected chi connectivity index (χ3v) is 5.57. The third-order valence-electron chi connectivity index (χ3n) is 5.57. The number of Topliss-reactive ketones (excluding diaryl/α,β-unsaturated/α-hetero) is 1. The molecule has 0 aliphatic carbocycles. The SMILES string of the molecule is C[C@H]1CCCCN1C(=O)c1ccc(NCCC(=O)c2ccc3c(c2)OCO3)cc1. The summed E-state index contributed by atoms with van der Waals surface area (Å²) >= 11 is 0. The number of anilines is 1. The quantitative estimate of drug-likeness (QED) is 0.747. The third kappa shape index (κ3) is 4.36. The van der Waals surface area contributed by atoms with E-state index in [1.54, 1.807) is 18.2 Å². The molecule has 0 aromatic heterocycles. The molecule has 4 rings (SSSR count). The van der Waals surface area contributed by atoms with Crippen LogP contribution in [0.25, 0.3) is 0 Å². The molecule has 2 aliphatic rings. The number of nitrogens with one attached hydrogen (secondary N) is 1. The highest BCUT2D eigenvalue weighted by Gasteiger charge is 2.24. The fourth-order valence-electron chi connectivity index (χ4n) is 3.83.